The molecule has 1 spiro atoms. The summed E-state index contributed by atoms with van der Waals surface area (Å²) >= 11 is 0. The lowest BCUT2D eigenvalue weighted by Crippen LogP contribution is -2.45. The monoisotopic (exact) mass is 373 g/mol. The normalized spacial score (nSPS) is 19.2. The van der Waals surface area contributed by atoms with Gasteiger partial charge in [0.1, 0.15) is 11.4 Å². The van der Waals surface area contributed by atoms with E-state index in [0.717, 1.165) is 5.56 Å². The number of carbonyl (C=O) groups excluding carboxylic acids is 1. The van der Waals surface area contributed by atoms with Crippen LogP contribution in [0.15, 0.2) is 53.4 Å². The van der Waals surface area contributed by atoms with E-state index >= 15 is 0 Å². The summed E-state index contributed by atoms with van der Waals surface area (Å²) in [5, 5.41) is 0. The number of hydrogen-bond acceptors (Lipinski definition) is 5. The van der Waals surface area contributed by atoms with E-state index in [4.69, 9.17) is 9.47 Å². The van der Waals surface area contributed by atoms with Crippen molar-refractivity contribution in [3.8, 4) is 5.75 Å². The van der Waals surface area contributed by atoms with E-state index in [2.05, 4.69) is 0 Å². The Kier molecular flexibility index (Phi) is 4.00. The van der Waals surface area contributed by atoms with Crippen LogP contribution in [0.5, 0.6) is 5.75 Å². The maximum Gasteiger partial charge on any atom is 0.339 e. The zero-order valence-corrected chi connectivity index (χ0v) is 15.2. The Morgan fingerprint density at radius 1 is 1.04 bits per heavy atom. The van der Waals surface area contributed by atoms with Crippen molar-refractivity contribution in [2.45, 2.75) is 23.3 Å². The molecule has 136 valence electrons. The fourth-order valence-electron chi connectivity index (χ4n) is 3.70. The quantitative estimate of drug-likeness (QED) is 0.773. The van der Waals surface area contributed by atoms with Gasteiger partial charge in [-0.05, 0) is 30.3 Å². The van der Waals surface area contributed by atoms with Crippen LogP contribution in [0.3, 0.4) is 0 Å². The van der Waals surface area contributed by atoms with E-state index in [0.29, 0.717) is 37.2 Å². The lowest BCUT2D eigenvalue weighted by Gasteiger charge is -2.37. The summed E-state index contributed by atoms with van der Waals surface area (Å²) in [5.41, 5.74) is 0.741. The number of benzene rings is 2. The van der Waals surface area contributed by atoms with Gasteiger partial charge in [-0.25, -0.2) is 13.2 Å². The molecule has 2 aliphatic rings. The van der Waals surface area contributed by atoms with Crippen LogP contribution in [0.1, 0.15) is 28.8 Å². The highest BCUT2D eigenvalue weighted by Crippen LogP contribution is 2.44. The van der Waals surface area contributed by atoms with Crippen LogP contribution in [-0.4, -0.2) is 38.9 Å². The van der Waals surface area contributed by atoms with Gasteiger partial charge in [-0.1, -0.05) is 18.2 Å². The molecule has 0 unspecified atom stereocenters. The number of sulfonamides is 1. The second-order valence-corrected chi connectivity index (χ2v) is 8.45. The molecule has 0 amide bonds. The second-order valence-electron chi connectivity index (χ2n) is 6.51. The average molecular weight is 373 g/mol. The summed E-state index contributed by atoms with van der Waals surface area (Å²) in [6.07, 6.45) is 0.899. The van der Waals surface area contributed by atoms with Crippen molar-refractivity contribution >= 4 is 16.0 Å². The smallest absolute Gasteiger partial charge is 0.339 e. The Morgan fingerprint density at radius 2 is 1.69 bits per heavy atom. The number of esters is 1. The summed E-state index contributed by atoms with van der Waals surface area (Å²) in [6.45, 7) is 0.603. The number of ether oxygens (including phenoxy) is 2. The number of fused-ring (bicyclic) bond motifs is 2. The van der Waals surface area contributed by atoms with E-state index in [1.807, 2.05) is 18.2 Å². The molecule has 0 radical (unpaired) electrons. The van der Waals surface area contributed by atoms with Gasteiger partial charge in [0, 0.05) is 31.5 Å². The van der Waals surface area contributed by atoms with Crippen molar-refractivity contribution in [2.24, 2.45) is 0 Å². The zero-order chi connectivity index (χ0) is 18.4. The largest absolute Gasteiger partial charge is 0.497 e. The van der Waals surface area contributed by atoms with Gasteiger partial charge in [0.25, 0.3) is 0 Å². The van der Waals surface area contributed by atoms with E-state index in [1.54, 1.807) is 30.3 Å². The first-order chi connectivity index (χ1) is 12.5. The fourth-order valence-corrected chi connectivity index (χ4v) is 5.14. The van der Waals surface area contributed by atoms with Gasteiger partial charge in [0.05, 0.1) is 17.6 Å². The first kappa shape index (κ1) is 17.1. The third kappa shape index (κ3) is 2.59. The van der Waals surface area contributed by atoms with E-state index in [9.17, 15) is 13.2 Å². The second kappa shape index (κ2) is 6.10. The Bertz CT molecular complexity index is 944. The third-order valence-corrected chi connectivity index (χ3v) is 7.07. The maximum absolute atomic E-state index is 12.9. The molecule has 4 rings (SSSR count). The summed E-state index contributed by atoms with van der Waals surface area (Å²) in [5.74, 6) is 0.281. The van der Waals surface area contributed by atoms with Crippen LogP contribution >= 0.6 is 0 Å². The minimum absolute atomic E-state index is 0.234. The Morgan fingerprint density at radius 3 is 2.35 bits per heavy atom. The SMILES string of the molecule is COc1ccc(S(=O)(=O)N2CCC3(CC2)OC(=O)c2ccccc23)cc1. The van der Waals surface area contributed by atoms with Crippen molar-refractivity contribution in [2.75, 3.05) is 20.2 Å². The summed E-state index contributed by atoms with van der Waals surface area (Å²) in [6, 6.07) is 13.7. The molecule has 7 heteroatoms. The Labute approximate surface area is 152 Å². The fraction of sp³-hybridized carbons (Fsp3) is 0.316. The standard InChI is InChI=1S/C19H19NO5S/c1-24-14-6-8-15(9-7-14)26(22,23)20-12-10-19(11-13-20)17-5-3-2-4-16(17)18(21)25-19/h2-9H,10-13H2,1H3. The van der Waals surface area contributed by atoms with Crippen molar-refractivity contribution in [1.29, 1.82) is 0 Å². The molecule has 0 bridgehead atoms. The van der Waals surface area contributed by atoms with Gasteiger partial charge in [-0.3, -0.25) is 0 Å². The minimum Gasteiger partial charge on any atom is -0.497 e. The molecular weight excluding hydrogens is 354 g/mol. The lowest BCUT2D eigenvalue weighted by atomic mass is 9.84. The Hall–Kier alpha value is -2.38. The van der Waals surface area contributed by atoms with E-state index in [-0.39, 0.29) is 10.9 Å². The highest BCUT2D eigenvalue weighted by Gasteiger charge is 2.48. The molecule has 0 aliphatic carbocycles. The third-order valence-electron chi connectivity index (χ3n) is 5.15. The highest BCUT2D eigenvalue weighted by atomic mass is 32.2. The molecule has 0 N–H and O–H groups in total. The molecule has 2 aliphatic heterocycles. The van der Waals surface area contributed by atoms with Crippen LogP contribution in [-0.2, 0) is 20.4 Å². The predicted molar refractivity (Wildman–Crippen MR) is 94.5 cm³/mol. The van der Waals surface area contributed by atoms with Gasteiger partial charge in [-0.2, -0.15) is 4.31 Å². The number of piperidine rings is 1. The number of hydrogen-bond donors (Lipinski definition) is 0. The molecule has 1 saturated heterocycles. The van der Waals surface area contributed by atoms with Crippen LogP contribution in [0.2, 0.25) is 0 Å². The summed E-state index contributed by atoms with van der Waals surface area (Å²) < 4.78 is 38.0. The zero-order valence-electron chi connectivity index (χ0n) is 14.3. The van der Waals surface area contributed by atoms with Crippen LogP contribution < -0.4 is 4.74 Å². The molecular formula is C19H19NO5S. The molecule has 2 heterocycles. The average Bonchev–Trinajstić information content (AvgIpc) is 2.94. The Balaban J connectivity index is 1.56. The molecule has 0 aromatic heterocycles. The highest BCUT2D eigenvalue weighted by molar-refractivity contribution is 7.89. The molecule has 2 aromatic carbocycles. The van der Waals surface area contributed by atoms with E-state index < -0.39 is 15.6 Å². The van der Waals surface area contributed by atoms with Gasteiger partial charge < -0.3 is 9.47 Å². The predicted octanol–water partition coefficient (Wildman–Crippen LogP) is 2.55. The van der Waals surface area contributed by atoms with Crippen LogP contribution in [0, 0.1) is 0 Å². The number of rotatable bonds is 3. The van der Waals surface area contributed by atoms with Gasteiger partial charge in [-0.15, -0.1) is 0 Å². The molecule has 26 heavy (non-hydrogen) atoms. The molecule has 0 atom stereocenters. The van der Waals surface area contributed by atoms with Crippen molar-refractivity contribution in [3.63, 3.8) is 0 Å². The minimum atomic E-state index is -3.59. The number of carbonyl (C=O) groups is 1. The molecule has 1 fully saturated rings. The number of nitrogens with zero attached hydrogens (tertiary/aromatic N) is 1. The summed E-state index contributed by atoms with van der Waals surface area (Å²) in [7, 11) is -2.05. The number of methoxy groups -OCH3 is 1. The molecule has 2 aromatic rings. The lowest BCUT2D eigenvalue weighted by molar-refractivity contribution is -0.0329. The van der Waals surface area contributed by atoms with Gasteiger partial charge in [0.2, 0.25) is 10.0 Å². The first-order valence-electron chi connectivity index (χ1n) is 8.43. The topological polar surface area (TPSA) is 72.9 Å². The first-order valence-corrected chi connectivity index (χ1v) is 9.87. The van der Waals surface area contributed by atoms with Crippen molar-refractivity contribution < 1.29 is 22.7 Å². The molecule has 6 nitrogen and oxygen atoms in total. The maximum atomic E-state index is 12.9. The van der Waals surface area contributed by atoms with Crippen LogP contribution in [0.4, 0.5) is 0 Å². The van der Waals surface area contributed by atoms with Crippen LogP contribution in [0.25, 0.3) is 0 Å². The van der Waals surface area contributed by atoms with Crippen molar-refractivity contribution in [3.05, 3.63) is 59.7 Å². The van der Waals surface area contributed by atoms with E-state index in [1.165, 1.54) is 11.4 Å². The van der Waals surface area contributed by atoms with Crippen molar-refractivity contribution in [1.82, 2.24) is 4.31 Å². The molecule has 0 saturated carbocycles. The van der Waals surface area contributed by atoms with Gasteiger partial charge in [0.15, 0.2) is 0 Å². The van der Waals surface area contributed by atoms with Gasteiger partial charge >= 0.3 is 5.97 Å². The summed E-state index contributed by atoms with van der Waals surface area (Å²) in [4.78, 5) is 12.4.